The topological polar surface area (TPSA) is 64.0 Å². The predicted octanol–water partition coefficient (Wildman–Crippen LogP) is 2.01. The second-order valence-corrected chi connectivity index (χ2v) is 6.69. The highest BCUT2D eigenvalue weighted by Gasteiger charge is 2.12. The fourth-order valence-electron chi connectivity index (χ4n) is 1.58. The Morgan fingerprint density at radius 1 is 1.26 bits per heavy atom. The minimum atomic E-state index is -3.41. The summed E-state index contributed by atoms with van der Waals surface area (Å²) in [6.45, 7) is 1.14. The smallest absolute Gasteiger partial charge is 0.240 e. The van der Waals surface area contributed by atoms with Crippen LogP contribution in [0.2, 0.25) is 0 Å². The van der Waals surface area contributed by atoms with E-state index in [9.17, 15) is 8.42 Å². The summed E-state index contributed by atoms with van der Waals surface area (Å²) in [5.74, 6) is 0. The molecule has 0 aliphatic heterocycles. The molecule has 0 atom stereocenters. The Kier molecular flexibility index (Phi) is 4.73. The van der Waals surface area contributed by atoms with E-state index >= 15 is 0 Å². The number of nitrogens with one attached hydrogen (secondary N) is 1. The molecule has 102 valence electrons. The summed E-state index contributed by atoms with van der Waals surface area (Å²) in [5, 5.41) is 0. The van der Waals surface area contributed by atoms with Crippen molar-refractivity contribution >= 4 is 26.0 Å². The van der Waals surface area contributed by atoms with E-state index in [2.05, 4.69) is 25.6 Å². The summed E-state index contributed by atoms with van der Waals surface area (Å²) in [6, 6.07) is 6.56. The van der Waals surface area contributed by atoms with Gasteiger partial charge >= 0.3 is 0 Å². The van der Waals surface area contributed by atoms with Crippen molar-refractivity contribution in [1.82, 2.24) is 14.3 Å². The van der Waals surface area contributed by atoms with E-state index in [0.717, 1.165) is 11.0 Å². The molecule has 1 aromatic heterocycles. The Bertz CT molecular complexity index is 609. The molecule has 0 aliphatic carbocycles. The number of halogens is 1. The summed E-state index contributed by atoms with van der Waals surface area (Å²) in [5.41, 5.74) is 0. The van der Waals surface area contributed by atoms with Gasteiger partial charge in [-0.25, -0.2) is 18.1 Å². The molecule has 0 bridgehead atoms. The van der Waals surface area contributed by atoms with Crippen LogP contribution in [0.5, 0.6) is 0 Å². The molecular weight excluding hydrogens is 330 g/mol. The van der Waals surface area contributed by atoms with Gasteiger partial charge in [0.1, 0.15) is 0 Å². The highest BCUT2D eigenvalue weighted by Crippen LogP contribution is 2.14. The lowest BCUT2D eigenvalue weighted by atomic mass is 10.4. The van der Waals surface area contributed by atoms with E-state index in [0.29, 0.717) is 13.0 Å². The van der Waals surface area contributed by atoms with Crippen LogP contribution in [-0.4, -0.2) is 24.5 Å². The summed E-state index contributed by atoms with van der Waals surface area (Å²) in [6.07, 6.45) is 5.98. The lowest BCUT2D eigenvalue weighted by molar-refractivity contribution is 0.570. The van der Waals surface area contributed by atoms with Gasteiger partial charge in [-0.05, 0) is 30.7 Å². The quantitative estimate of drug-likeness (QED) is 0.816. The molecule has 1 N–H and O–H groups in total. The largest absolute Gasteiger partial charge is 0.337 e. The summed E-state index contributed by atoms with van der Waals surface area (Å²) in [4.78, 5) is 4.20. The van der Waals surface area contributed by atoms with Gasteiger partial charge in [-0.1, -0.05) is 15.9 Å². The Morgan fingerprint density at radius 3 is 2.63 bits per heavy atom. The van der Waals surface area contributed by atoms with Crippen molar-refractivity contribution in [3.05, 3.63) is 47.5 Å². The molecule has 5 nitrogen and oxygen atoms in total. The number of benzene rings is 1. The number of nitrogens with zero attached hydrogens (tertiary/aromatic N) is 2. The Morgan fingerprint density at radius 2 is 2.00 bits per heavy atom. The van der Waals surface area contributed by atoms with E-state index < -0.39 is 10.0 Å². The minimum absolute atomic E-state index is 0.276. The second kappa shape index (κ2) is 6.31. The first-order valence-electron chi connectivity index (χ1n) is 5.79. The maximum absolute atomic E-state index is 12.0. The van der Waals surface area contributed by atoms with Gasteiger partial charge in [-0.2, -0.15) is 0 Å². The van der Waals surface area contributed by atoms with E-state index in [1.807, 2.05) is 10.8 Å². The van der Waals surface area contributed by atoms with Gasteiger partial charge in [0.2, 0.25) is 10.0 Å². The molecule has 0 unspecified atom stereocenters. The fourth-order valence-corrected chi connectivity index (χ4v) is 2.92. The molecule has 19 heavy (non-hydrogen) atoms. The Balaban J connectivity index is 1.86. The van der Waals surface area contributed by atoms with Gasteiger partial charge in [0.05, 0.1) is 11.2 Å². The number of rotatable bonds is 6. The zero-order chi connectivity index (χ0) is 13.7. The monoisotopic (exact) mass is 343 g/mol. The van der Waals surface area contributed by atoms with Crippen molar-refractivity contribution in [2.24, 2.45) is 0 Å². The molecule has 2 aromatic rings. The lowest BCUT2D eigenvalue weighted by Gasteiger charge is -2.07. The third-order valence-electron chi connectivity index (χ3n) is 2.57. The molecule has 0 amide bonds. The number of aryl methyl sites for hydroxylation is 1. The van der Waals surface area contributed by atoms with Gasteiger partial charge in [-0.3, -0.25) is 0 Å². The third kappa shape index (κ3) is 4.15. The molecule has 2 rings (SSSR count). The fraction of sp³-hybridized carbons (Fsp3) is 0.250. The molecule has 1 heterocycles. The highest BCUT2D eigenvalue weighted by molar-refractivity contribution is 9.10. The molecular formula is C12H14BrN3O2S. The number of imidazole rings is 1. The van der Waals surface area contributed by atoms with Gasteiger partial charge in [0.15, 0.2) is 0 Å². The predicted molar refractivity (Wildman–Crippen MR) is 76.2 cm³/mol. The van der Waals surface area contributed by atoms with Crippen LogP contribution in [0.4, 0.5) is 0 Å². The molecule has 0 saturated carbocycles. The van der Waals surface area contributed by atoms with Crippen LogP contribution >= 0.6 is 15.9 Å². The van der Waals surface area contributed by atoms with Crippen LogP contribution in [0.15, 0.2) is 52.4 Å². The molecule has 0 fully saturated rings. The van der Waals surface area contributed by atoms with Crippen LogP contribution in [-0.2, 0) is 16.6 Å². The molecule has 0 aliphatic rings. The normalized spacial score (nSPS) is 11.6. The van der Waals surface area contributed by atoms with Crippen LogP contribution < -0.4 is 4.72 Å². The van der Waals surface area contributed by atoms with Gasteiger partial charge in [-0.15, -0.1) is 0 Å². The maximum Gasteiger partial charge on any atom is 0.240 e. The average Bonchev–Trinajstić information content (AvgIpc) is 2.88. The minimum Gasteiger partial charge on any atom is -0.337 e. The first-order valence-corrected chi connectivity index (χ1v) is 8.06. The average molecular weight is 344 g/mol. The molecule has 0 radical (unpaired) electrons. The van der Waals surface area contributed by atoms with Crippen molar-refractivity contribution in [3.63, 3.8) is 0 Å². The zero-order valence-electron chi connectivity index (χ0n) is 10.2. The van der Waals surface area contributed by atoms with Gasteiger partial charge in [0, 0.05) is 30.0 Å². The van der Waals surface area contributed by atoms with E-state index in [4.69, 9.17) is 0 Å². The first kappa shape index (κ1) is 14.2. The SMILES string of the molecule is O=S(=O)(NCCCn1ccnc1)c1ccc(Br)cc1. The second-order valence-electron chi connectivity index (χ2n) is 4.01. The van der Waals surface area contributed by atoms with Crippen molar-refractivity contribution in [3.8, 4) is 0 Å². The van der Waals surface area contributed by atoms with Crippen molar-refractivity contribution in [2.45, 2.75) is 17.9 Å². The van der Waals surface area contributed by atoms with E-state index in [1.165, 1.54) is 0 Å². The van der Waals surface area contributed by atoms with Gasteiger partial charge < -0.3 is 4.57 Å². The van der Waals surface area contributed by atoms with Crippen LogP contribution in [0, 0.1) is 0 Å². The Labute approximate surface area is 120 Å². The van der Waals surface area contributed by atoms with E-state index in [1.54, 1.807) is 36.8 Å². The number of aromatic nitrogens is 2. The van der Waals surface area contributed by atoms with Crippen molar-refractivity contribution in [1.29, 1.82) is 0 Å². The maximum atomic E-state index is 12.0. The van der Waals surface area contributed by atoms with Crippen molar-refractivity contribution in [2.75, 3.05) is 6.54 Å². The third-order valence-corrected chi connectivity index (χ3v) is 4.57. The number of hydrogen-bond donors (Lipinski definition) is 1. The first-order chi connectivity index (χ1) is 9.08. The molecule has 0 spiro atoms. The lowest BCUT2D eigenvalue weighted by Crippen LogP contribution is -2.25. The number of sulfonamides is 1. The Hall–Kier alpha value is -1.18. The summed E-state index contributed by atoms with van der Waals surface area (Å²) in [7, 11) is -3.41. The molecule has 0 saturated heterocycles. The number of hydrogen-bond acceptors (Lipinski definition) is 3. The zero-order valence-corrected chi connectivity index (χ0v) is 12.6. The standard InChI is InChI=1S/C12H14BrN3O2S/c13-11-2-4-12(5-3-11)19(17,18)15-6-1-8-16-9-7-14-10-16/h2-5,7,9-10,15H,1,6,8H2. The summed E-state index contributed by atoms with van der Waals surface area (Å²) < 4.78 is 29.3. The van der Waals surface area contributed by atoms with Crippen LogP contribution in [0.25, 0.3) is 0 Å². The molecule has 1 aromatic carbocycles. The highest BCUT2D eigenvalue weighted by atomic mass is 79.9. The summed E-state index contributed by atoms with van der Waals surface area (Å²) >= 11 is 3.27. The van der Waals surface area contributed by atoms with Crippen LogP contribution in [0.3, 0.4) is 0 Å². The molecule has 7 heteroatoms. The van der Waals surface area contributed by atoms with Crippen molar-refractivity contribution < 1.29 is 8.42 Å². The van der Waals surface area contributed by atoms with E-state index in [-0.39, 0.29) is 4.90 Å². The van der Waals surface area contributed by atoms with Gasteiger partial charge in [0.25, 0.3) is 0 Å². The van der Waals surface area contributed by atoms with Crippen LogP contribution in [0.1, 0.15) is 6.42 Å².